The average molecular weight is 618 g/mol. The third-order valence-electron chi connectivity index (χ3n) is 8.67. The number of fused-ring (bicyclic) bond motifs is 7. The van der Waals surface area contributed by atoms with Crippen molar-refractivity contribution in [1.29, 1.82) is 0 Å². The number of hydrogen-bond donors (Lipinski definition) is 0. The Morgan fingerprint density at radius 2 is 1.68 bits per heavy atom. The molecule has 0 spiro atoms. The van der Waals surface area contributed by atoms with E-state index in [-0.39, 0.29) is 0 Å². The zero-order valence-electron chi connectivity index (χ0n) is 24.9. The van der Waals surface area contributed by atoms with Gasteiger partial charge >= 0.3 is 0 Å². The van der Waals surface area contributed by atoms with E-state index < -0.39 is 0 Å². The molecule has 44 heavy (non-hydrogen) atoms. The molecule has 8 rings (SSSR count). The first-order valence-electron chi connectivity index (χ1n) is 14.9. The zero-order chi connectivity index (χ0) is 30.2. The molecule has 3 aromatic heterocycles. The van der Waals surface area contributed by atoms with E-state index in [1.54, 1.807) is 25.6 Å². The molecule has 0 bridgehead atoms. The molecule has 0 amide bonds. The van der Waals surface area contributed by atoms with Gasteiger partial charge in [-0.25, -0.2) is 9.97 Å². The molecule has 1 aliphatic carbocycles. The maximum Gasteiger partial charge on any atom is 0.223 e. The first-order chi connectivity index (χ1) is 21.6. The Kier molecular flexibility index (Phi) is 7.79. The lowest BCUT2D eigenvalue weighted by Gasteiger charge is -2.26. The maximum absolute atomic E-state index is 6.35. The number of thiophene rings is 1. The summed E-state index contributed by atoms with van der Waals surface area (Å²) in [6.45, 7) is 2.18. The van der Waals surface area contributed by atoms with Gasteiger partial charge in [0.15, 0.2) is 0 Å². The van der Waals surface area contributed by atoms with E-state index in [1.165, 1.54) is 42.9 Å². The van der Waals surface area contributed by atoms with Crippen molar-refractivity contribution in [1.82, 2.24) is 15.0 Å². The standard InChI is InChI=1S/C28H25ClN2O2S.C9H7N/c1-4-17-13-22-26(30-28(29)31-27(22)34-17)16-9-10-18-15(12-16)8-11-19-20-6-5-7-23(32-2)25(20)24(33-3)14-21(18)19;1-2-4-9-7-10-6-5-8(9)3-1/h5-8,11,13-14,16H,4,9-10,12H2,1-3H3;1-7H. The molecule has 0 fully saturated rings. The topological polar surface area (TPSA) is 57.1 Å². The van der Waals surface area contributed by atoms with Crippen LogP contribution in [0.15, 0.2) is 85.2 Å². The number of benzene rings is 4. The van der Waals surface area contributed by atoms with Crippen LogP contribution in [0.4, 0.5) is 0 Å². The van der Waals surface area contributed by atoms with E-state index in [1.807, 2.05) is 42.7 Å². The van der Waals surface area contributed by atoms with Crippen molar-refractivity contribution >= 4 is 65.5 Å². The normalized spacial score (nSPS) is 14.4. The van der Waals surface area contributed by atoms with Crippen molar-refractivity contribution in [2.24, 2.45) is 0 Å². The highest BCUT2D eigenvalue weighted by Gasteiger charge is 2.26. The predicted octanol–water partition coefficient (Wildman–Crippen LogP) is 9.74. The van der Waals surface area contributed by atoms with Gasteiger partial charge in [-0.15, -0.1) is 11.3 Å². The molecule has 5 nitrogen and oxygen atoms in total. The quantitative estimate of drug-likeness (QED) is 0.145. The van der Waals surface area contributed by atoms with Crippen LogP contribution in [0.3, 0.4) is 0 Å². The summed E-state index contributed by atoms with van der Waals surface area (Å²) in [7, 11) is 3.44. The monoisotopic (exact) mass is 617 g/mol. The Hall–Kier alpha value is -4.26. The molecule has 3 heterocycles. The van der Waals surface area contributed by atoms with Gasteiger partial charge in [0.05, 0.1) is 25.3 Å². The van der Waals surface area contributed by atoms with E-state index in [0.29, 0.717) is 11.2 Å². The molecule has 0 aliphatic heterocycles. The fourth-order valence-electron chi connectivity index (χ4n) is 6.54. The molecular formula is C37H32ClN3O2S. The van der Waals surface area contributed by atoms with Gasteiger partial charge in [-0.1, -0.05) is 55.5 Å². The predicted molar refractivity (Wildman–Crippen MR) is 183 cm³/mol. The first-order valence-corrected chi connectivity index (χ1v) is 16.1. The SMILES string of the molecule is CCc1cc2c(C3CCc4c(ccc5c4cc(OC)c4c(OC)cccc45)C3)nc(Cl)nc2s1.c1ccc2cnccc2c1. The highest BCUT2D eigenvalue weighted by Crippen LogP contribution is 2.44. The summed E-state index contributed by atoms with van der Waals surface area (Å²) in [5.41, 5.74) is 3.88. The molecule has 7 aromatic rings. The fraction of sp³-hybridized carbons (Fsp3) is 0.216. The van der Waals surface area contributed by atoms with Crippen LogP contribution in [-0.2, 0) is 19.3 Å². The molecule has 1 aliphatic rings. The number of ether oxygens (including phenoxy) is 2. The summed E-state index contributed by atoms with van der Waals surface area (Å²) in [6, 6.07) is 25.4. The molecule has 0 radical (unpaired) electrons. The number of methoxy groups -OCH3 is 2. The van der Waals surface area contributed by atoms with E-state index in [9.17, 15) is 0 Å². The summed E-state index contributed by atoms with van der Waals surface area (Å²) in [5.74, 6) is 2.01. The van der Waals surface area contributed by atoms with Gasteiger partial charge in [0.2, 0.25) is 5.28 Å². The van der Waals surface area contributed by atoms with Crippen LogP contribution in [-0.4, -0.2) is 29.2 Å². The number of pyridine rings is 1. The number of rotatable bonds is 4. The van der Waals surface area contributed by atoms with Crippen LogP contribution < -0.4 is 9.47 Å². The van der Waals surface area contributed by atoms with Gasteiger partial charge < -0.3 is 9.47 Å². The Morgan fingerprint density at radius 1 is 0.841 bits per heavy atom. The van der Waals surface area contributed by atoms with Gasteiger partial charge in [-0.2, -0.15) is 0 Å². The van der Waals surface area contributed by atoms with Crippen LogP contribution in [0.2, 0.25) is 5.28 Å². The minimum Gasteiger partial charge on any atom is -0.496 e. The molecule has 7 heteroatoms. The average Bonchev–Trinajstić information content (AvgIpc) is 3.50. The van der Waals surface area contributed by atoms with Gasteiger partial charge in [0.25, 0.3) is 0 Å². The highest BCUT2D eigenvalue weighted by atomic mass is 35.5. The van der Waals surface area contributed by atoms with Crippen LogP contribution in [0.25, 0.3) is 42.5 Å². The van der Waals surface area contributed by atoms with E-state index >= 15 is 0 Å². The van der Waals surface area contributed by atoms with Crippen molar-refractivity contribution in [3.63, 3.8) is 0 Å². The molecule has 0 saturated carbocycles. The largest absolute Gasteiger partial charge is 0.496 e. The number of aryl methyl sites for hydroxylation is 2. The Labute approximate surface area is 265 Å². The first kappa shape index (κ1) is 28.5. The second kappa shape index (κ2) is 12.0. The number of hydrogen-bond acceptors (Lipinski definition) is 6. The lowest BCUT2D eigenvalue weighted by atomic mass is 9.79. The molecule has 220 valence electrons. The minimum absolute atomic E-state index is 0.328. The number of halogens is 1. The van der Waals surface area contributed by atoms with Crippen LogP contribution in [0.1, 0.15) is 41.0 Å². The van der Waals surface area contributed by atoms with Crippen molar-refractivity contribution in [3.8, 4) is 11.5 Å². The minimum atomic E-state index is 0.328. The molecular weight excluding hydrogens is 586 g/mol. The third-order valence-corrected chi connectivity index (χ3v) is 10.0. The molecule has 1 unspecified atom stereocenters. The van der Waals surface area contributed by atoms with Gasteiger partial charge in [0.1, 0.15) is 16.3 Å². The lowest BCUT2D eigenvalue weighted by molar-refractivity contribution is 0.405. The molecule has 0 N–H and O–H groups in total. The summed E-state index contributed by atoms with van der Waals surface area (Å²) >= 11 is 8.07. The molecule has 4 aromatic carbocycles. The van der Waals surface area contributed by atoms with Crippen molar-refractivity contribution in [2.75, 3.05) is 14.2 Å². The van der Waals surface area contributed by atoms with Crippen molar-refractivity contribution < 1.29 is 9.47 Å². The summed E-state index contributed by atoms with van der Waals surface area (Å²) in [6.07, 6.45) is 7.65. The van der Waals surface area contributed by atoms with E-state index in [4.69, 9.17) is 26.1 Å². The Bertz CT molecular complexity index is 2090. The van der Waals surface area contributed by atoms with Gasteiger partial charge in [-0.05, 0) is 99.6 Å². The van der Waals surface area contributed by atoms with E-state index in [0.717, 1.165) is 58.5 Å². The fourth-order valence-corrected chi connectivity index (χ4v) is 7.74. The molecule has 0 saturated heterocycles. The number of nitrogens with zero attached hydrogens (tertiary/aromatic N) is 3. The maximum atomic E-state index is 6.35. The second-order valence-electron chi connectivity index (χ2n) is 11.1. The zero-order valence-corrected chi connectivity index (χ0v) is 26.5. The Morgan fingerprint density at radius 3 is 2.48 bits per heavy atom. The highest BCUT2D eigenvalue weighted by molar-refractivity contribution is 7.18. The lowest BCUT2D eigenvalue weighted by Crippen LogP contribution is -2.15. The van der Waals surface area contributed by atoms with Crippen molar-refractivity contribution in [2.45, 2.75) is 38.5 Å². The van der Waals surface area contributed by atoms with Crippen molar-refractivity contribution in [3.05, 3.63) is 112 Å². The third kappa shape index (κ3) is 5.12. The smallest absolute Gasteiger partial charge is 0.223 e. The van der Waals surface area contributed by atoms with Crippen LogP contribution in [0, 0.1) is 0 Å². The molecule has 1 atom stereocenters. The summed E-state index contributed by atoms with van der Waals surface area (Å²) in [5, 5.41) is 8.65. The Balaban J connectivity index is 0.000000264. The second-order valence-corrected chi connectivity index (χ2v) is 12.5. The van der Waals surface area contributed by atoms with Gasteiger partial charge in [0, 0.05) is 28.6 Å². The number of aromatic nitrogens is 3. The van der Waals surface area contributed by atoms with Crippen LogP contribution >= 0.6 is 22.9 Å². The van der Waals surface area contributed by atoms with Gasteiger partial charge in [-0.3, -0.25) is 4.98 Å². The summed E-state index contributed by atoms with van der Waals surface area (Å²) < 4.78 is 11.5. The summed E-state index contributed by atoms with van der Waals surface area (Å²) in [4.78, 5) is 15.6. The van der Waals surface area contributed by atoms with E-state index in [2.05, 4.69) is 59.4 Å². The van der Waals surface area contributed by atoms with Crippen LogP contribution in [0.5, 0.6) is 11.5 Å².